The molecule has 1 fully saturated rings. The van der Waals surface area contributed by atoms with Gasteiger partial charge in [0.2, 0.25) is 0 Å². The Morgan fingerprint density at radius 3 is 2.52 bits per heavy atom. The summed E-state index contributed by atoms with van der Waals surface area (Å²) in [5.74, 6) is 0.0922. The van der Waals surface area contributed by atoms with Crippen LogP contribution in [0.4, 0.5) is 10.5 Å². The standard InChI is InChI=1S/C24H27NO4/c1-23(2,29-16-17-9-5-4-6-10-17)13-14-24-15-20(26)21(24)25(22(27)28-3)19-12-8-7-11-18(19)24/h4-12,21H,13-16H2,1-3H3/t21-,24-/m0/s1. The molecule has 1 amide bonds. The normalized spacial score (nSPS) is 22.7. The van der Waals surface area contributed by atoms with Gasteiger partial charge in [-0.25, -0.2) is 4.79 Å². The number of ketones is 1. The SMILES string of the molecule is COC(=O)N1c2ccccc2[C@]2(CCC(C)(C)OCc3ccccc3)CC(=O)[C@H]12. The van der Waals surface area contributed by atoms with Crippen molar-refractivity contribution in [1.29, 1.82) is 0 Å². The Kier molecular flexibility index (Phi) is 4.95. The molecule has 1 aliphatic heterocycles. The van der Waals surface area contributed by atoms with E-state index in [0.717, 1.165) is 29.7 Å². The van der Waals surface area contributed by atoms with Crippen molar-refractivity contribution in [2.45, 2.75) is 56.8 Å². The Morgan fingerprint density at radius 1 is 1.14 bits per heavy atom. The van der Waals surface area contributed by atoms with Crippen molar-refractivity contribution in [3.05, 3.63) is 65.7 Å². The van der Waals surface area contributed by atoms with Gasteiger partial charge in [0.1, 0.15) is 6.04 Å². The van der Waals surface area contributed by atoms with E-state index in [0.29, 0.717) is 13.0 Å². The summed E-state index contributed by atoms with van der Waals surface area (Å²) >= 11 is 0. The number of Topliss-reactive ketones (excluding diaryl/α,β-unsaturated/α-hetero) is 1. The lowest BCUT2D eigenvalue weighted by molar-refractivity contribution is -0.131. The molecule has 0 aromatic heterocycles. The Hall–Kier alpha value is -2.66. The number of nitrogens with zero attached hydrogens (tertiary/aromatic N) is 1. The summed E-state index contributed by atoms with van der Waals surface area (Å²) in [6.07, 6.45) is 1.54. The number of para-hydroxylation sites is 1. The molecule has 0 saturated heterocycles. The number of carbonyl (C=O) groups excluding carboxylic acids is 2. The molecule has 29 heavy (non-hydrogen) atoms. The first kappa shape index (κ1) is 19.6. The predicted octanol–water partition coefficient (Wildman–Crippen LogP) is 4.63. The molecule has 1 heterocycles. The summed E-state index contributed by atoms with van der Waals surface area (Å²) in [7, 11) is 1.36. The van der Waals surface area contributed by atoms with Gasteiger partial charge in [0.05, 0.1) is 25.0 Å². The summed E-state index contributed by atoms with van der Waals surface area (Å²) in [5.41, 5.74) is 2.29. The van der Waals surface area contributed by atoms with E-state index in [9.17, 15) is 9.59 Å². The Balaban J connectivity index is 1.53. The summed E-state index contributed by atoms with van der Waals surface area (Å²) in [6, 6.07) is 17.4. The lowest BCUT2D eigenvalue weighted by Crippen LogP contribution is -2.62. The highest BCUT2D eigenvalue weighted by Crippen LogP contribution is 2.57. The zero-order valence-electron chi connectivity index (χ0n) is 17.2. The first-order valence-corrected chi connectivity index (χ1v) is 10.1. The maximum Gasteiger partial charge on any atom is 0.414 e. The average Bonchev–Trinajstić information content (AvgIpc) is 2.96. The van der Waals surface area contributed by atoms with Crippen LogP contribution >= 0.6 is 0 Å². The van der Waals surface area contributed by atoms with Crippen LogP contribution in [0.2, 0.25) is 0 Å². The van der Waals surface area contributed by atoms with Crippen molar-refractivity contribution < 1.29 is 19.1 Å². The van der Waals surface area contributed by atoms with Crippen LogP contribution in [-0.2, 0) is 26.3 Å². The Labute approximate surface area is 171 Å². The zero-order valence-corrected chi connectivity index (χ0v) is 17.2. The second-order valence-corrected chi connectivity index (χ2v) is 8.59. The number of amides is 1. The predicted molar refractivity (Wildman–Crippen MR) is 111 cm³/mol. The van der Waals surface area contributed by atoms with Crippen molar-refractivity contribution in [3.63, 3.8) is 0 Å². The third-order valence-electron chi connectivity index (χ3n) is 6.29. The lowest BCUT2D eigenvalue weighted by atomic mass is 9.58. The van der Waals surface area contributed by atoms with Gasteiger partial charge < -0.3 is 9.47 Å². The molecular weight excluding hydrogens is 366 g/mol. The van der Waals surface area contributed by atoms with Crippen LogP contribution in [0.15, 0.2) is 54.6 Å². The molecule has 2 aliphatic rings. The maximum atomic E-state index is 12.6. The van der Waals surface area contributed by atoms with E-state index in [-0.39, 0.29) is 16.8 Å². The molecule has 0 N–H and O–H groups in total. The number of hydrogen-bond donors (Lipinski definition) is 0. The minimum absolute atomic E-state index is 0.0922. The minimum Gasteiger partial charge on any atom is -0.452 e. The second kappa shape index (κ2) is 7.30. The van der Waals surface area contributed by atoms with Gasteiger partial charge in [-0.15, -0.1) is 0 Å². The number of fused-ring (bicyclic) bond motifs is 3. The fourth-order valence-electron chi connectivity index (χ4n) is 4.67. The van der Waals surface area contributed by atoms with Gasteiger partial charge in [0.25, 0.3) is 0 Å². The van der Waals surface area contributed by atoms with Crippen LogP contribution in [0, 0.1) is 0 Å². The molecule has 2 aromatic carbocycles. The Morgan fingerprint density at radius 2 is 1.83 bits per heavy atom. The van der Waals surface area contributed by atoms with E-state index in [1.54, 1.807) is 4.90 Å². The third kappa shape index (κ3) is 3.33. The molecule has 5 nitrogen and oxygen atoms in total. The zero-order chi connectivity index (χ0) is 20.6. The van der Waals surface area contributed by atoms with Gasteiger partial charge in [0, 0.05) is 11.8 Å². The number of methoxy groups -OCH3 is 1. The van der Waals surface area contributed by atoms with E-state index in [2.05, 4.69) is 26.0 Å². The number of hydrogen-bond acceptors (Lipinski definition) is 4. The van der Waals surface area contributed by atoms with Crippen molar-refractivity contribution in [2.75, 3.05) is 12.0 Å². The highest BCUT2D eigenvalue weighted by Gasteiger charge is 2.64. The first-order valence-electron chi connectivity index (χ1n) is 10.1. The third-order valence-corrected chi connectivity index (χ3v) is 6.29. The van der Waals surface area contributed by atoms with Crippen LogP contribution in [0.25, 0.3) is 0 Å². The summed E-state index contributed by atoms with van der Waals surface area (Å²) in [6.45, 7) is 4.72. The van der Waals surface area contributed by atoms with Gasteiger partial charge >= 0.3 is 6.09 Å². The van der Waals surface area contributed by atoms with Gasteiger partial charge in [-0.3, -0.25) is 9.69 Å². The van der Waals surface area contributed by atoms with Crippen LogP contribution in [0.1, 0.15) is 44.2 Å². The molecular formula is C24H27NO4. The van der Waals surface area contributed by atoms with Crippen LogP contribution in [-0.4, -0.2) is 30.6 Å². The van der Waals surface area contributed by atoms with Gasteiger partial charge in [-0.05, 0) is 43.9 Å². The van der Waals surface area contributed by atoms with Crippen molar-refractivity contribution in [2.24, 2.45) is 0 Å². The second-order valence-electron chi connectivity index (χ2n) is 8.59. The molecule has 0 radical (unpaired) electrons. The van der Waals surface area contributed by atoms with Gasteiger partial charge in [-0.2, -0.15) is 0 Å². The summed E-state index contributed by atoms with van der Waals surface area (Å²) < 4.78 is 11.2. The molecule has 1 aliphatic carbocycles. The average molecular weight is 393 g/mol. The highest BCUT2D eigenvalue weighted by molar-refractivity contribution is 6.08. The number of benzene rings is 2. The highest BCUT2D eigenvalue weighted by atomic mass is 16.5. The molecule has 1 saturated carbocycles. The van der Waals surface area contributed by atoms with Crippen LogP contribution < -0.4 is 4.90 Å². The van der Waals surface area contributed by atoms with Crippen molar-refractivity contribution in [1.82, 2.24) is 0 Å². The van der Waals surface area contributed by atoms with E-state index in [4.69, 9.17) is 9.47 Å². The summed E-state index contributed by atoms with van der Waals surface area (Å²) in [5, 5.41) is 0. The topological polar surface area (TPSA) is 55.8 Å². The number of anilines is 1. The lowest BCUT2D eigenvalue weighted by Gasteiger charge is -2.46. The number of ether oxygens (including phenoxy) is 2. The van der Waals surface area contributed by atoms with Gasteiger partial charge in [0.15, 0.2) is 5.78 Å². The quantitative estimate of drug-likeness (QED) is 0.718. The van der Waals surface area contributed by atoms with E-state index < -0.39 is 12.1 Å². The maximum absolute atomic E-state index is 12.6. The van der Waals surface area contributed by atoms with Crippen molar-refractivity contribution >= 4 is 17.6 Å². The molecule has 2 aromatic rings. The smallest absolute Gasteiger partial charge is 0.414 e. The van der Waals surface area contributed by atoms with E-state index >= 15 is 0 Å². The molecule has 4 rings (SSSR count). The number of rotatable bonds is 6. The molecule has 5 heteroatoms. The van der Waals surface area contributed by atoms with Crippen molar-refractivity contribution in [3.8, 4) is 0 Å². The monoisotopic (exact) mass is 393 g/mol. The van der Waals surface area contributed by atoms with Gasteiger partial charge in [-0.1, -0.05) is 48.5 Å². The molecule has 0 spiro atoms. The first-order chi connectivity index (χ1) is 13.9. The van der Waals surface area contributed by atoms with E-state index in [1.165, 1.54) is 7.11 Å². The Bertz CT molecular complexity index is 923. The molecule has 0 unspecified atom stereocenters. The van der Waals surface area contributed by atoms with Crippen LogP contribution in [0.3, 0.4) is 0 Å². The molecule has 152 valence electrons. The largest absolute Gasteiger partial charge is 0.452 e. The minimum atomic E-state index is -0.475. The van der Waals surface area contributed by atoms with E-state index in [1.807, 2.05) is 42.5 Å². The van der Waals surface area contributed by atoms with Crippen LogP contribution in [0.5, 0.6) is 0 Å². The number of carbonyl (C=O) groups is 2. The summed E-state index contributed by atoms with van der Waals surface area (Å²) in [4.78, 5) is 26.6. The fourth-order valence-corrected chi connectivity index (χ4v) is 4.67. The molecule has 2 atom stereocenters. The molecule has 0 bridgehead atoms. The fraction of sp³-hybridized carbons (Fsp3) is 0.417.